The van der Waals surface area contributed by atoms with Gasteiger partial charge in [-0.05, 0) is 117 Å². The zero-order chi connectivity index (χ0) is 59.1. The lowest BCUT2D eigenvalue weighted by atomic mass is 9.43. The minimum Gasteiger partial charge on any atom is -0.495 e. The van der Waals surface area contributed by atoms with E-state index in [9.17, 15) is 27.4 Å². The molecule has 5 aromatic rings. The number of hydrogen-bond acceptors (Lipinski definition) is 15. The molecule has 24 heteroatoms. The van der Waals surface area contributed by atoms with Gasteiger partial charge in [0, 0.05) is 0 Å². The van der Waals surface area contributed by atoms with Crippen molar-refractivity contribution in [2.45, 2.75) is 108 Å². The summed E-state index contributed by atoms with van der Waals surface area (Å²) in [5.41, 5.74) is -0.559. The lowest BCUT2D eigenvalue weighted by molar-refractivity contribution is -0.199. The van der Waals surface area contributed by atoms with Crippen molar-refractivity contribution < 1.29 is 73.9 Å². The molecule has 436 valence electrons. The molecule has 6 atom stereocenters. The third-order valence-corrected chi connectivity index (χ3v) is 20.0. The average Bonchev–Trinajstić information content (AvgIpc) is 2.59. The van der Waals surface area contributed by atoms with Crippen LogP contribution in [0.1, 0.15) is 93.0 Å². The lowest BCUT2D eigenvalue weighted by Gasteiger charge is -2.64. The van der Waals surface area contributed by atoms with Crippen LogP contribution in [0.4, 0.5) is 14.0 Å². The van der Waals surface area contributed by atoms with Gasteiger partial charge in [0.2, 0.25) is 5.91 Å². The largest absolute Gasteiger partial charge is 0.495 e. The number of esters is 1. The molecule has 19 nitrogen and oxygen atoms in total. The maximum Gasteiger partial charge on any atom is 0.482 e. The first-order valence-electron chi connectivity index (χ1n) is 26.7. The number of amides is 5. The second kappa shape index (κ2) is 23.6. The number of urea groups is 2. The summed E-state index contributed by atoms with van der Waals surface area (Å²) >= 11 is 6.52. The minimum atomic E-state index is -4.73. The summed E-state index contributed by atoms with van der Waals surface area (Å²) in [4.78, 5) is 58.0. The van der Waals surface area contributed by atoms with Crippen molar-refractivity contribution in [2.24, 2.45) is 17.3 Å². The van der Waals surface area contributed by atoms with Crippen molar-refractivity contribution in [1.82, 2.24) is 19.8 Å². The highest BCUT2D eigenvalue weighted by Gasteiger charge is 2.68. The Labute approximate surface area is 482 Å². The molecule has 5 aromatic carbocycles. The average molecular weight is 1190 g/mol. The highest BCUT2D eigenvalue weighted by Crippen LogP contribution is 2.66. The lowest BCUT2D eigenvalue weighted by Crippen LogP contribution is -2.65. The van der Waals surface area contributed by atoms with Gasteiger partial charge in [0.25, 0.3) is 10.0 Å². The van der Waals surface area contributed by atoms with Crippen molar-refractivity contribution in [1.29, 1.82) is 0 Å². The summed E-state index contributed by atoms with van der Waals surface area (Å²) in [6.07, 6.45) is 1.00. The molecule has 0 radical (unpaired) electrons. The number of ether oxygens (including phenoxy) is 4. The van der Waals surface area contributed by atoms with E-state index in [1.165, 1.54) is 57.7 Å². The molecule has 0 spiro atoms. The molecule has 2 N–H and O–H groups in total. The second-order valence-electron chi connectivity index (χ2n) is 22.4. The van der Waals surface area contributed by atoms with Crippen LogP contribution in [0.25, 0.3) is 0 Å². The molecule has 2 saturated heterocycles. The number of nitrogens with one attached hydrogen (secondary N) is 2. The zero-order valence-electron chi connectivity index (χ0n) is 46.9. The van der Waals surface area contributed by atoms with Gasteiger partial charge < -0.3 is 47.9 Å². The number of methoxy groups -OCH3 is 3. The van der Waals surface area contributed by atoms with Gasteiger partial charge in [0.1, 0.15) is 38.7 Å². The molecule has 5 amide bonds. The molecule has 2 bridgehead atoms. The maximum absolute atomic E-state index is 15.8. The van der Waals surface area contributed by atoms with Crippen LogP contribution in [0.3, 0.4) is 0 Å². The highest BCUT2D eigenvalue weighted by molar-refractivity contribution is 7.89. The van der Waals surface area contributed by atoms with Gasteiger partial charge >= 0.3 is 32.7 Å². The van der Waals surface area contributed by atoms with Gasteiger partial charge in [-0.2, -0.15) is 0 Å². The van der Waals surface area contributed by atoms with Gasteiger partial charge in [0.05, 0.1) is 70.6 Å². The number of carbonyl (C=O) groups excluding carboxylic acids is 4. The van der Waals surface area contributed by atoms with Crippen molar-refractivity contribution >= 4 is 65.6 Å². The van der Waals surface area contributed by atoms with E-state index in [2.05, 4.69) is 24.5 Å². The molecule has 3 saturated carbocycles. The Morgan fingerprint density at radius 2 is 1.45 bits per heavy atom. The van der Waals surface area contributed by atoms with E-state index < -0.39 is 101 Å². The van der Waals surface area contributed by atoms with Crippen LogP contribution in [0, 0.1) is 23.1 Å². The Bertz CT molecular complexity index is 3350. The zero-order valence-corrected chi connectivity index (χ0v) is 49.4. The monoisotopic (exact) mass is 1190 g/mol. The van der Waals surface area contributed by atoms with Gasteiger partial charge in [-0.25, -0.2) is 36.4 Å². The Hall–Kier alpha value is -6.52. The molecule has 3 aliphatic carbocycles. The summed E-state index contributed by atoms with van der Waals surface area (Å²) in [5.74, 6) is -3.63. The van der Waals surface area contributed by atoms with E-state index in [1.54, 1.807) is 45.0 Å². The normalized spacial score (nSPS) is 21.0. The summed E-state index contributed by atoms with van der Waals surface area (Å²) in [7, 11) is -6.19. The third-order valence-electron chi connectivity index (χ3n) is 15.9. The summed E-state index contributed by atoms with van der Waals surface area (Å²) in [6, 6.07) is 24.7. The number of imide groups is 1. The number of nitrogens with zero attached hydrogens (tertiary/aromatic N) is 2. The van der Waals surface area contributed by atoms with E-state index in [-0.39, 0.29) is 75.8 Å². The Morgan fingerprint density at radius 3 is 2.02 bits per heavy atom. The molecule has 2 heterocycles. The van der Waals surface area contributed by atoms with Gasteiger partial charge in [-0.15, -0.1) is 0 Å². The fourth-order valence-electron chi connectivity index (χ4n) is 11.4. The smallest absolute Gasteiger partial charge is 0.482 e. The van der Waals surface area contributed by atoms with Gasteiger partial charge in [-0.3, -0.25) is 9.36 Å². The van der Waals surface area contributed by atoms with E-state index in [1.807, 2.05) is 43.3 Å². The quantitative estimate of drug-likeness (QED) is 0.0420. The molecule has 5 aliphatic rings. The van der Waals surface area contributed by atoms with Gasteiger partial charge in [0.15, 0.2) is 11.5 Å². The number of carbonyl (C=O) groups is 4. The fraction of sp³-hybridized carbons (Fsp3) is 0.414. The van der Waals surface area contributed by atoms with E-state index in [0.717, 1.165) is 29.7 Å². The summed E-state index contributed by atoms with van der Waals surface area (Å²) in [5, 5.41) is 5.41. The standard InChI is InChI=1S/C58H66BClFN4O15PS/c1-56(2,3)78-53(67)47-41(61)25-22-38(50(47)74-8)30-46(59-79-45-32-39-31-44(57(39,4)5)58(45,6)80-59)62-52(66)49(63-54(68)64-28-29-65(55(64)69)82(71,72)43-27-26-42(73-7)51(75-9)48(43)60)37-20-23-40(24-21-37)81(70,76-33-35-16-12-10-13-17-35)77-34-36-18-14-11-15-19-36/h10-27,39,44-46,49H,28-34H2,1-9H3,(H,62,66)(H,63,68)/t39-,44-,45+,46?,49?,58-/m0/s1. The molecule has 0 aromatic heterocycles. The predicted molar refractivity (Wildman–Crippen MR) is 302 cm³/mol. The Morgan fingerprint density at radius 1 is 0.829 bits per heavy atom. The molecule has 2 aliphatic heterocycles. The molecular formula is C58H66BClFN4O15PS. The van der Waals surface area contributed by atoms with Crippen molar-refractivity contribution in [3.05, 3.63) is 148 Å². The molecule has 2 unspecified atom stereocenters. The number of hydrogen-bond donors (Lipinski definition) is 2. The molecule has 82 heavy (non-hydrogen) atoms. The van der Waals surface area contributed by atoms with E-state index >= 15 is 9.18 Å². The highest BCUT2D eigenvalue weighted by atomic mass is 35.5. The van der Waals surface area contributed by atoms with Crippen LogP contribution in [0.5, 0.6) is 17.2 Å². The SMILES string of the molecule is COc1ccc(S(=O)(=O)N2CCN(C(=O)NC(C(=O)NC(Cc3ccc(F)c(C(=O)OC(C)(C)C)c3OC)B3O[C@@H]4C[C@@H]5C[C@@H](C5(C)C)[C@]4(C)O3)c3ccc(P(=O)(OCc4ccccc4)OCc4ccccc4)cc3)C2=O)c(Cl)c1OC. The molecular weight excluding hydrogens is 1120 g/mol. The van der Waals surface area contributed by atoms with Crippen LogP contribution < -0.4 is 30.1 Å². The molecule has 5 fully saturated rings. The third kappa shape index (κ3) is 11.9. The van der Waals surface area contributed by atoms with Crippen LogP contribution in [0.2, 0.25) is 5.02 Å². The van der Waals surface area contributed by atoms with Crippen molar-refractivity contribution in [2.75, 3.05) is 34.4 Å². The Balaban J connectivity index is 1.08. The van der Waals surface area contributed by atoms with E-state index in [4.69, 9.17) is 48.9 Å². The second-order valence-corrected chi connectivity index (χ2v) is 26.6. The van der Waals surface area contributed by atoms with Crippen LogP contribution in [0.15, 0.2) is 114 Å². The van der Waals surface area contributed by atoms with Crippen molar-refractivity contribution in [3.63, 3.8) is 0 Å². The van der Waals surface area contributed by atoms with Crippen molar-refractivity contribution in [3.8, 4) is 17.2 Å². The maximum atomic E-state index is 15.8. The fourth-order valence-corrected chi connectivity index (χ4v) is 14.9. The first-order chi connectivity index (χ1) is 38.8. The predicted octanol–water partition coefficient (Wildman–Crippen LogP) is 9.58. The Kier molecular flexibility index (Phi) is 17.3. The number of rotatable bonds is 20. The first kappa shape index (κ1) is 60.1. The van der Waals surface area contributed by atoms with Crippen LogP contribution in [-0.4, -0.2) is 106 Å². The van der Waals surface area contributed by atoms with Gasteiger partial charge in [-0.1, -0.05) is 104 Å². The summed E-state index contributed by atoms with van der Waals surface area (Å²) < 4.78 is 107. The van der Waals surface area contributed by atoms with E-state index in [0.29, 0.717) is 21.5 Å². The summed E-state index contributed by atoms with van der Waals surface area (Å²) in [6.45, 7) is 10.2. The number of benzene rings is 5. The van der Waals surface area contributed by atoms with Crippen LogP contribution >= 0.6 is 19.2 Å². The number of sulfonamides is 1. The minimum absolute atomic E-state index is 0.0783. The first-order valence-corrected chi connectivity index (χ1v) is 30.0. The molecule has 10 rings (SSSR count). The van der Waals surface area contributed by atoms with Crippen LogP contribution in [-0.2, 0) is 62.1 Å². The number of halogens is 2. The topological polar surface area (TPSA) is 224 Å².